The second kappa shape index (κ2) is 11.4. The lowest BCUT2D eigenvalue weighted by molar-refractivity contribution is 0.0951. The molecule has 3 aromatic carbocycles. The molecule has 1 fully saturated rings. The van der Waals surface area contributed by atoms with Crippen molar-refractivity contribution in [1.82, 2.24) is 5.32 Å². The summed E-state index contributed by atoms with van der Waals surface area (Å²) in [5, 5.41) is 8.44. The summed E-state index contributed by atoms with van der Waals surface area (Å²) in [7, 11) is 3.06. The van der Waals surface area contributed by atoms with Crippen LogP contribution in [0, 0.1) is 5.82 Å². The van der Waals surface area contributed by atoms with Crippen LogP contribution in [0.2, 0.25) is 0 Å². The zero-order valence-electron chi connectivity index (χ0n) is 20.3. The largest absolute Gasteiger partial charge is 0.497 e. The SMILES string of the molecule is COc1cc(NC(=O)Nc2ccc(N3CCCC3)c(C(=O)NCc3ccc(F)cc3)c2)cc(OC)c1. The Hall–Kier alpha value is -4.27. The third kappa shape index (κ3) is 6.24. The van der Waals surface area contributed by atoms with Crippen molar-refractivity contribution in [3.05, 3.63) is 77.6 Å². The van der Waals surface area contributed by atoms with Crippen molar-refractivity contribution in [1.29, 1.82) is 0 Å². The lowest BCUT2D eigenvalue weighted by Crippen LogP contribution is -2.27. The number of carbonyl (C=O) groups excluding carboxylic acids is 2. The van der Waals surface area contributed by atoms with Gasteiger partial charge in [0.2, 0.25) is 0 Å². The van der Waals surface area contributed by atoms with Crippen molar-refractivity contribution in [3.8, 4) is 11.5 Å². The molecular formula is C27H29FN4O4. The van der Waals surface area contributed by atoms with E-state index in [0.29, 0.717) is 28.4 Å². The van der Waals surface area contributed by atoms with E-state index in [-0.39, 0.29) is 18.3 Å². The minimum atomic E-state index is -0.475. The van der Waals surface area contributed by atoms with Crippen molar-refractivity contribution in [2.75, 3.05) is 42.8 Å². The van der Waals surface area contributed by atoms with Crippen molar-refractivity contribution in [2.45, 2.75) is 19.4 Å². The van der Waals surface area contributed by atoms with Gasteiger partial charge in [-0.1, -0.05) is 12.1 Å². The van der Waals surface area contributed by atoms with Gasteiger partial charge in [0.15, 0.2) is 0 Å². The number of amides is 3. The predicted molar refractivity (Wildman–Crippen MR) is 138 cm³/mol. The van der Waals surface area contributed by atoms with Crippen LogP contribution in [0.1, 0.15) is 28.8 Å². The first-order chi connectivity index (χ1) is 17.4. The van der Waals surface area contributed by atoms with Gasteiger partial charge in [0.05, 0.1) is 19.8 Å². The van der Waals surface area contributed by atoms with Crippen LogP contribution >= 0.6 is 0 Å². The average Bonchev–Trinajstić information content (AvgIpc) is 3.42. The molecule has 8 nitrogen and oxygen atoms in total. The number of nitrogens with zero attached hydrogens (tertiary/aromatic N) is 1. The number of ether oxygens (including phenoxy) is 2. The van der Waals surface area contributed by atoms with Crippen LogP contribution in [0.4, 0.5) is 26.2 Å². The molecule has 4 rings (SSSR count). The van der Waals surface area contributed by atoms with Gasteiger partial charge in [-0.3, -0.25) is 4.79 Å². The van der Waals surface area contributed by atoms with Gasteiger partial charge in [0.25, 0.3) is 5.91 Å². The van der Waals surface area contributed by atoms with Crippen LogP contribution < -0.4 is 30.3 Å². The Bertz CT molecular complexity index is 1200. The van der Waals surface area contributed by atoms with E-state index in [1.807, 2.05) is 6.07 Å². The molecule has 3 N–H and O–H groups in total. The third-order valence-electron chi connectivity index (χ3n) is 5.92. The number of halogens is 1. The molecule has 1 saturated heterocycles. The number of benzene rings is 3. The maximum absolute atomic E-state index is 13.2. The molecule has 3 amide bonds. The first kappa shape index (κ1) is 24.8. The summed E-state index contributed by atoms with van der Waals surface area (Å²) in [6, 6.07) is 15.8. The monoisotopic (exact) mass is 492 g/mol. The van der Waals surface area contributed by atoms with Gasteiger partial charge in [-0.2, -0.15) is 0 Å². The Kier molecular flexibility index (Phi) is 7.89. The Morgan fingerprint density at radius 3 is 2.14 bits per heavy atom. The second-order valence-corrected chi connectivity index (χ2v) is 8.42. The Labute approximate surface area is 209 Å². The lowest BCUT2D eigenvalue weighted by Gasteiger charge is -2.22. The van der Waals surface area contributed by atoms with Gasteiger partial charge >= 0.3 is 6.03 Å². The van der Waals surface area contributed by atoms with Gasteiger partial charge in [0, 0.05) is 54.9 Å². The van der Waals surface area contributed by atoms with Crippen LogP contribution in [-0.4, -0.2) is 39.2 Å². The van der Waals surface area contributed by atoms with E-state index in [0.717, 1.165) is 37.2 Å². The molecule has 0 unspecified atom stereocenters. The maximum atomic E-state index is 13.2. The van der Waals surface area contributed by atoms with Crippen LogP contribution in [0.15, 0.2) is 60.7 Å². The van der Waals surface area contributed by atoms with Crippen LogP contribution in [-0.2, 0) is 6.54 Å². The highest BCUT2D eigenvalue weighted by atomic mass is 19.1. The number of anilines is 3. The first-order valence-electron chi connectivity index (χ1n) is 11.7. The van der Waals surface area contributed by atoms with Gasteiger partial charge in [-0.15, -0.1) is 0 Å². The van der Waals surface area contributed by atoms with Crippen molar-refractivity contribution in [2.24, 2.45) is 0 Å². The summed E-state index contributed by atoms with van der Waals surface area (Å²) >= 11 is 0. The van der Waals surface area contributed by atoms with Crippen LogP contribution in [0.3, 0.4) is 0 Å². The van der Waals surface area contributed by atoms with E-state index in [2.05, 4.69) is 20.9 Å². The highest BCUT2D eigenvalue weighted by molar-refractivity contribution is 6.04. The smallest absolute Gasteiger partial charge is 0.323 e. The summed E-state index contributed by atoms with van der Waals surface area (Å²) in [6.45, 7) is 1.99. The molecule has 1 heterocycles. The molecule has 188 valence electrons. The summed E-state index contributed by atoms with van der Waals surface area (Å²) in [4.78, 5) is 28.0. The number of urea groups is 1. The Morgan fingerprint density at radius 1 is 0.861 bits per heavy atom. The molecule has 0 aromatic heterocycles. The van der Waals surface area contributed by atoms with Crippen LogP contribution in [0.25, 0.3) is 0 Å². The summed E-state index contributed by atoms with van der Waals surface area (Å²) in [5.74, 6) is 0.480. The van der Waals surface area contributed by atoms with Crippen molar-refractivity contribution >= 4 is 29.0 Å². The molecule has 3 aromatic rings. The molecule has 0 radical (unpaired) electrons. The zero-order valence-corrected chi connectivity index (χ0v) is 20.3. The average molecular weight is 493 g/mol. The molecule has 0 spiro atoms. The Morgan fingerprint density at radius 2 is 1.50 bits per heavy atom. The van der Waals surface area contributed by atoms with Gasteiger partial charge < -0.3 is 30.3 Å². The van der Waals surface area contributed by atoms with Gasteiger partial charge in [0.1, 0.15) is 17.3 Å². The maximum Gasteiger partial charge on any atom is 0.323 e. The summed E-state index contributed by atoms with van der Waals surface area (Å²) in [5.41, 5.74) is 3.02. The van der Waals surface area contributed by atoms with Crippen LogP contribution in [0.5, 0.6) is 11.5 Å². The molecule has 1 aliphatic rings. The van der Waals surface area contributed by atoms with E-state index < -0.39 is 6.03 Å². The molecule has 36 heavy (non-hydrogen) atoms. The third-order valence-corrected chi connectivity index (χ3v) is 5.92. The number of nitrogens with one attached hydrogen (secondary N) is 3. The fraction of sp³-hybridized carbons (Fsp3) is 0.259. The quantitative estimate of drug-likeness (QED) is 0.411. The molecule has 0 bridgehead atoms. The van der Waals surface area contributed by atoms with E-state index >= 15 is 0 Å². The molecule has 0 saturated carbocycles. The highest BCUT2D eigenvalue weighted by Crippen LogP contribution is 2.29. The Balaban J connectivity index is 1.50. The van der Waals surface area contributed by atoms with Gasteiger partial charge in [-0.05, 0) is 48.7 Å². The fourth-order valence-electron chi connectivity index (χ4n) is 4.08. The number of rotatable bonds is 8. The molecular weight excluding hydrogens is 463 g/mol. The minimum absolute atomic E-state index is 0.258. The molecule has 0 atom stereocenters. The predicted octanol–water partition coefficient (Wildman–Crippen LogP) is 5.02. The topological polar surface area (TPSA) is 91.9 Å². The van der Waals surface area contributed by atoms with Crippen molar-refractivity contribution in [3.63, 3.8) is 0 Å². The number of methoxy groups -OCH3 is 2. The first-order valence-corrected chi connectivity index (χ1v) is 11.7. The van der Waals surface area contributed by atoms with E-state index in [1.165, 1.54) is 26.4 Å². The summed E-state index contributed by atoms with van der Waals surface area (Å²) < 4.78 is 23.7. The van der Waals surface area contributed by atoms with E-state index in [1.54, 1.807) is 42.5 Å². The normalized spacial score (nSPS) is 12.7. The zero-order chi connectivity index (χ0) is 25.5. The molecule has 9 heteroatoms. The highest BCUT2D eigenvalue weighted by Gasteiger charge is 2.20. The number of hydrogen-bond donors (Lipinski definition) is 3. The minimum Gasteiger partial charge on any atom is -0.497 e. The second-order valence-electron chi connectivity index (χ2n) is 8.42. The molecule has 1 aliphatic heterocycles. The van der Waals surface area contributed by atoms with E-state index in [4.69, 9.17) is 9.47 Å². The lowest BCUT2D eigenvalue weighted by atomic mass is 10.1. The number of carbonyl (C=O) groups is 2. The van der Waals surface area contributed by atoms with E-state index in [9.17, 15) is 14.0 Å². The van der Waals surface area contributed by atoms with Crippen molar-refractivity contribution < 1.29 is 23.5 Å². The standard InChI is InChI=1S/C27H29FN4O4/c1-35-22-13-21(14-23(16-22)36-2)31-27(34)30-20-9-10-25(32-11-3-4-12-32)24(15-20)26(33)29-17-18-5-7-19(28)8-6-18/h5-10,13-16H,3-4,11-12,17H2,1-2H3,(H,29,33)(H2,30,31,34). The fourth-order valence-corrected chi connectivity index (χ4v) is 4.08. The summed E-state index contributed by atoms with van der Waals surface area (Å²) in [6.07, 6.45) is 2.12. The molecule has 0 aliphatic carbocycles. The van der Waals surface area contributed by atoms with Gasteiger partial charge in [-0.25, -0.2) is 9.18 Å². The number of hydrogen-bond acceptors (Lipinski definition) is 5.